The van der Waals surface area contributed by atoms with Gasteiger partial charge in [0.15, 0.2) is 0 Å². The summed E-state index contributed by atoms with van der Waals surface area (Å²) < 4.78 is 5.30. The van der Waals surface area contributed by atoms with Gasteiger partial charge in [-0.05, 0) is 29.9 Å². The van der Waals surface area contributed by atoms with E-state index in [9.17, 15) is 4.79 Å². The lowest BCUT2D eigenvalue weighted by Crippen LogP contribution is -2.38. The van der Waals surface area contributed by atoms with Crippen molar-refractivity contribution in [1.29, 1.82) is 0 Å². The van der Waals surface area contributed by atoms with Crippen molar-refractivity contribution in [3.63, 3.8) is 0 Å². The smallest absolute Gasteiger partial charge is 0.407 e. The van der Waals surface area contributed by atoms with Gasteiger partial charge in [-0.15, -0.1) is 0 Å². The molecule has 1 heterocycles. The van der Waals surface area contributed by atoms with Crippen LogP contribution in [0.4, 0.5) is 4.79 Å². The van der Waals surface area contributed by atoms with Crippen molar-refractivity contribution in [2.45, 2.75) is 45.3 Å². The SMILES string of the molecule is CNC(=O)OC1CCN(Cc2ccc(C(C)C)cc2)CC1. The van der Waals surface area contributed by atoms with Gasteiger partial charge in [0.2, 0.25) is 0 Å². The highest BCUT2D eigenvalue weighted by molar-refractivity contribution is 5.66. The number of hydrogen-bond donors (Lipinski definition) is 1. The highest BCUT2D eigenvalue weighted by Crippen LogP contribution is 2.18. The Morgan fingerprint density at radius 2 is 1.90 bits per heavy atom. The number of ether oxygens (including phenoxy) is 1. The number of piperidine rings is 1. The predicted molar refractivity (Wildman–Crippen MR) is 84.4 cm³/mol. The van der Waals surface area contributed by atoms with Crippen LogP contribution in [0.1, 0.15) is 43.7 Å². The standard InChI is InChI=1S/C17H26N2O2/c1-13(2)15-6-4-14(5-7-15)12-19-10-8-16(9-11-19)21-17(20)18-3/h4-7,13,16H,8-12H2,1-3H3,(H,18,20). The van der Waals surface area contributed by atoms with E-state index < -0.39 is 0 Å². The number of carbonyl (C=O) groups excluding carboxylic acids is 1. The van der Waals surface area contributed by atoms with Crippen LogP contribution in [0.2, 0.25) is 0 Å². The van der Waals surface area contributed by atoms with Gasteiger partial charge in [0.25, 0.3) is 0 Å². The zero-order valence-corrected chi connectivity index (χ0v) is 13.3. The summed E-state index contributed by atoms with van der Waals surface area (Å²) in [5.41, 5.74) is 2.74. The number of nitrogens with one attached hydrogen (secondary N) is 1. The summed E-state index contributed by atoms with van der Waals surface area (Å²) in [6, 6.07) is 8.90. The molecular weight excluding hydrogens is 264 g/mol. The first kappa shape index (κ1) is 15.8. The molecular formula is C17H26N2O2. The van der Waals surface area contributed by atoms with Crippen molar-refractivity contribution in [1.82, 2.24) is 10.2 Å². The Balaban J connectivity index is 1.79. The molecule has 0 spiro atoms. The van der Waals surface area contributed by atoms with Gasteiger partial charge in [-0.25, -0.2) is 4.79 Å². The number of rotatable bonds is 4. The molecule has 1 amide bonds. The predicted octanol–water partition coefficient (Wildman–Crippen LogP) is 3.13. The molecule has 2 rings (SSSR count). The summed E-state index contributed by atoms with van der Waals surface area (Å²) in [5.74, 6) is 0.580. The molecule has 1 aliphatic rings. The normalized spacial score (nSPS) is 17.0. The number of likely N-dealkylation sites (tertiary alicyclic amines) is 1. The minimum Gasteiger partial charge on any atom is -0.446 e. The van der Waals surface area contributed by atoms with Gasteiger partial charge >= 0.3 is 6.09 Å². The highest BCUT2D eigenvalue weighted by atomic mass is 16.6. The van der Waals surface area contributed by atoms with E-state index in [-0.39, 0.29) is 12.2 Å². The molecule has 0 saturated carbocycles. The lowest BCUT2D eigenvalue weighted by Gasteiger charge is -2.31. The van der Waals surface area contributed by atoms with E-state index >= 15 is 0 Å². The van der Waals surface area contributed by atoms with Crippen LogP contribution >= 0.6 is 0 Å². The van der Waals surface area contributed by atoms with Crippen LogP contribution in [0.3, 0.4) is 0 Å². The van der Waals surface area contributed by atoms with Gasteiger partial charge in [0.1, 0.15) is 6.10 Å². The number of amides is 1. The number of benzene rings is 1. The number of hydrogen-bond acceptors (Lipinski definition) is 3. The largest absolute Gasteiger partial charge is 0.446 e. The van der Waals surface area contributed by atoms with E-state index in [2.05, 4.69) is 48.3 Å². The Labute approximate surface area is 127 Å². The summed E-state index contributed by atoms with van der Waals surface area (Å²) in [4.78, 5) is 13.6. The third kappa shape index (κ3) is 4.74. The van der Waals surface area contributed by atoms with Gasteiger partial charge < -0.3 is 10.1 Å². The van der Waals surface area contributed by atoms with Crippen LogP contribution in [0.15, 0.2) is 24.3 Å². The molecule has 4 heteroatoms. The summed E-state index contributed by atoms with van der Waals surface area (Å²) in [6.07, 6.45) is 1.57. The minimum absolute atomic E-state index is 0.0597. The number of nitrogens with zero attached hydrogens (tertiary/aromatic N) is 1. The molecule has 4 nitrogen and oxygen atoms in total. The molecule has 1 N–H and O–H groups in total. The lowest BCUT2D eigenvalue weighted by atomic mass is 10.0. The Hall–Kier alpha value is -1.55. The minimum atomic E-state index is -0.322. The van der Waals surface area contributed by atoms with E-state index in [1.165, 1.54) is 11.1 Å². The van der Waals surface area contributed by atoms with Crippen LogP contribution in [-0.4, -0.2) is 37.2 Å². The third-order valence-corrected chi connectivity index (χ3v) is 4.07. The van der Waals surface area contributed by atoms with Crippen LogP contribution in [-0.2, 0) is 11.3 Å². The molecule has 0 radical (unpaired) electrons. The third-order valence-electron chi connectivity index (χ3n) is 4.07. The first-order valence-electron chi connectivity index (χ1n) is 7.78. The molecule has 0 bridgehead atoms. The molecule has 1 aliphatic heterocycles. The van der Waals surface area contributed by atoms with Crippen LogP contribution in [0.25, 0.3) is 0 Å². The van der Waals surface area contributed by atoms with E-state index in [0.717, 1.165) is 32.5 Å². The van der Waals surface area contributed by atoms with Crippen molar-refractivity contribution in [3.05, 3.63) is 35.4 Å². The van der Waals surface area contributed by atoms with Gasteiger partial charge in [-0.1, -0.05) is 38.1 Å². The Kier molecular flexibility index (Phi) is 5.62. The molecule has 1 aromatic rings. The lowest BCUT2D eigenvalue weighted by molar-refractivity contribution is 0.0498. The Morgan fingerprint density at radius 1 is 1.29 bits per heavy atom. The molecule has 1 saturated heterocycles. The maximum Gasteiger partial charge on any atom is 0.407 e. The number of alkyl carbamates (subject to hydrolysis) is 1. The molecule has 0 aliphatic carbocycles. The van der Waals surface area contributed by atoms with Gasteiger partial charge in [-0.3, -0.25) is 4.90 Å². The molecule has 0 unspecified atom stereocenters. The molecule has 21 heavy (non-hydrogen) atoms. The fourth-order valence-electron chi connectivity index (χ4n) is 2.66. The first-order valence-corrected chi connectivity index (χ1v) is 7.78. The van der Waals surface area contributed by atoms with Crippen molar-refractivity contribution in [3.8, 4) is 0 Å². The fraction of sp³-hybridized carbons (Fsp3) is 0.588. The van der Waals surface area contributed by atoms with Crippen molar-refractivity contribution in [2.75, 3.05) is 20.1 Å². The van der Waals surface area contributed by atoms with Gasteiger partial charge in [0.05, 0.1) is 0 Å². The average Bonchev–Trinajstić information content (AvgIpc) is 2.49. The summed E-state index contributed by atoms with van der Waals surface area (Å²) in [5, 5.41) is 2.50. The van der Waals surface area contributed by atoms with E-state index in [4.69, 9.17) is 4.74 Å². The maximum atomic E-state index is 11.2. The summed E-state index contributed by atoms with van der Waals surface area (Å²) >= 11 is 0. The van der Waals surface area contributed by atoms with Crippen molar-refractivity contribution in [2.24, 2.45) is 0 Å². The quantitative estimate of drug-likeness (QED) is 0.926. The van der Waals surface area contributed by atoms with E-state index in [0.29, 0.717) is 5.92 Å². The molecule has 0 aromatic heterocycles. The fourth-order valence-corrected chi connectivity index (χ4v) is 2.66. The topological polar surface area (TPSA) is 41.6 Å². The second-order valence-corrected chi connectivity index (χ2v) is 6.03. The monoisotopic (exact) mass is 290 g/mol. The molecule has 1 fully saturated rings. The second kappa shape index (κ2) is 7.46. The first-order chi connectivity index (χ1) is 10.1. The molecule has 1 aromatic carbocycles. The Bertz CT molecular complexity index is 448. The van der Waals surface area contributed by atoms with Crippen LogP contribution < -0.4 is 5.32 Å². The van der Waals surface area contributed by atoms with E-state index in [1.807, 2.05) is 0 Å². The number of carbonyl (C=O) groups is 1. The van der Waals surface area contributed by atoms with Gasteiger partial charge in [-0.2, -0.15) is 0 Å². The zero-order chi connectivity index (χ0) is 15.2. The summed E-state index contributed by atoms with van der Waals surface area (Å²) in [7, 11) is 1.60. The molecule has 0 atom stereocenters. The van der Waals surface area contributed by atoms with Crippen LogP contribution in [0, 0.1) is 0 Å². The average molecular weight is 290 g/mol. The second-order valence-electron chi connectivity index (χ2n) is 6.03. The maximum absolute atomic E-state index is 11.2. The van der Waals surface area contributed by atoms with Crippen LogP contribution in [0.5, 0.6) is 0 Å². The van der Waals surface area contributed by atoms with Gasteiger partial charge in [0, 0.05) is 26.7 Å². The van der Waals surface area contributed by atoms with Crippen molar-refractivity contribution < 1.29 is 9.53 Å². The summed E-state index contributed by atoms with van der Waals surface area (Å²) in [6.45, 7) is 7.37. The zero-order valence-electron chi connectivity index (χ0n) is 13.3. The van der Waals surface area contributed by atoms with Crippen molar-refractivity contribution >= 4 is 6.09 Å². The Morgan fingerprint density at radius 3 is 2.43 bits per heavy atom. The highest BCUT2D eigenvalue weighted by Gasteiger charge is 2.21. The molecule has 116 valence electrons. The van der Waals surface area contributed by atoms with E-state index in [1.54, 1.807) is 7.05 Å².